The first-order valence-electron chi connectivity index (χ1n) is 13.6. The highest BCUT2D eigenvalue weighted by Crippen LogP contribution is 2.64. The summed E-state index contributed by atoms with van der Waals surface area (Å²) in [5.41, 5.74) is 1.38. The number of benzene rings is 1. The van der Waals surface area contributed by atoms with Gasteiger partial charge in [-0.1, -0.05) is 32.9 Å². The minimum atomic E-state index is -0.615. The Morgan fingerprint density at radius 3 is 2.32 bits per heavy atom. The third-order valence-electron chi connectivity index (χ3n) is 9.28. The SMILES string of the molecule is CC(C)(C)CCC(=O)Oc1ccc(C2CCC[C@]3(C2)OOC2(O3)C3CC4CC(C3)CC2C4)cc1. The number of ether oxygens (including phenoxy) is 2. The molecule has 2 spiro atoms. The monoisotopic (exact) mass is 468 g/mol. The summed E-state index contributed by atoms with van der Waals surface area (Å²) in [6, 6.07) is 8.06. The Hall–Kier alpha value is -1.43. The zero-order chi connectivity index (χ0) is 23.6. The summed E-state index contributed by atoms with van der Waals surface area (Å²) >= 11 is 0. The molecule has 1 aliphatic heterocycles. The standard InChI is InChI=1S/C29H40O5/c1-27(2,3)12-10-26(30)31-25-8-6-21(7-9-25)22-5-4-11-28(18-22)32-29(34-33-28)23-14-19-13-20(16-23)17-24(29)15-19/h6-9,19-20,22-24H,4-5,10-18H2,1-3H3/t19?,20?,22?,23?,24?,28-,29?/m1/s1. The van der Waals surface area contributed by atoms with Crippen molar-refractivity contribution < 1.29 is 24.0 Å². The molecule has 6 fully saturated rings. The average Bonchev–Trinajstić information content (AvgIpc) is 3.15. The summed E-state index contributed by atoms with van der Waals surface area (Å²) in [5, 5.41) is 0. The van der Waals surface area contributed by atoms with Crippen molar-refractivity contribution in [3.05, 3.63) is 29.8 Å². The van der Waals surface area contributed by atoms with Crippen molar-refractivity contribution >= 4 is 5.97 Å². The number of carbonyl (C=O) groups excluding carboxylic acids is 1. The second-order valence-corrected chi connectivity index (χ2v) is 13.1. The summed E-state index contributed by atoms with van der Waals surface area (Å²) in [5.74, 6) is 2.44. The van der Waals surface area contributed by atoms with Gasteiger partial charge >= 0.3 is 5.97 Å². The molecular formula is C29H40O5. The van der Waals surface area contributed by atoms with Crippen molar-refractivity contribution in [1.29, 1.82) is 0 Å². The van der Waals surface area contributed by atoms with Gasteiger partial charge in [0.05, 0.1) is 0 Å². The lowest BCUT2D eigenvalue weighted by molar-refractivity contribution is -0.390. The first-order chi connectivity index (χ1) is 16.2. The summed E-state index contributed by atoms with van der Waals surface area (Å²) in [7, 11) is 0. The van der Waals surface area contributed by atoms with E-state index in [0.29, 0.717) is 29.9 Å². The van der Waals surface area contributed by atoms with Gasteiger partial charge in [-0.25, -0.2) is 0 Å². The maximum absolute atomic E-state index is 12.2. The molecule has 7 rings (SSSR count). The fourth-order valence-corrected chi connectivity index (χ4v) is 7.73. The quantitative estimate of drug-likeness (QED) is 0.273. The molecule has 0 radical (unpaired) electrons. The third-order valence-corrected chi connectivity index (χ3v) is 9.28. The van der Waals surface area contributed by atoms with E-state index in [4.69, 9.17) is 19.2 Å². The Labute approximate surface area is 203 Å². The topological polar surface area (TPSA) is 54.0 Å². The smallest absolute Gasteiger partial charge is 0.311 e. The fraction of sp³-hybridized carbons (Fsp3) is 0.759. The molecule has 2 atom stereocenters. The predicted octanol–water partition coefficient (Wildman–Crippen LogP) is 6.90. The molecule has 6 aliphatic rings. The van der Waals surface area contributed by atoms with Gasteiger partial charge in [0, 0.05) is 31.1 Å². The van der Waals surface area contributed by atoms with Crippen LogP contribution >= 0.6 is 0 Å². The lowest BCUT2D eigenvalue weighted by Crippen LogP contribution is -2.59. The minimum absolute atomic E-state index is 0.128. The van der Waals surface area contributed by atoms with E-state index in [1.54, 1.807) is 0 Å². The van der Waals surface area contributed by atoms with Gasteiger partial charge in [0.2, 0.25) is 11.6 Å². The first-order valence-corrected chi connectivity index (χ1v) is 13.6. The van der Waals surface area contributed by atoms with Crippen molar-refractivity contribution in [2.24, 2.45) is 29.1 Å². The molecule has 0 amide bonds. The summed E-state index contributed by atoms with van der Waals surface area (Å²) < 4.78 is 12.5. The summed E-state index contributed by atoms with van der Waals surface area (Å²) in [6.07, 6.45) is 11.6. The van der Waals surface area contributed by atoms with Crippen LogP contribution in [0.4, 0.5) is 0 Å². The second-order valence-electron chi connectivity index (χ2n) is 13.1. The summed E-state index contributed by atoms with van der Waals surface area (Å²) in [4.78, 5) is 24.6. The predicted molar refractivity (Wildman–Crippen MR) is 128 cm³/mol. The van der Waals surface area contributed by atoms with Crippen LogP contribution in [0.15, 0.2) is 24.3 Å². The number of esters is 1. The molecule has 1 aromatic carbocycles. The highest BCUT2D eigenvalue weighted by Gasteiger charge is 2.67. The van der Waals surface area contributed by atoms with Gasteiger partial charge < -0.3 is 9.47 Å². The largest absolute Gasteiger partial charge is 0.427 e. The Morgan fingerprint density at radius 2 is 1.68 bits per heavy atom. The van der Waals surface area contributed by atoms with Crippen LogP contribution in [0, 0.1) is 29.1 Å². The second kappa shape index (κ2) is 8.31. The zero-order valence-electron chi connectivity index (χ0n) is 21.0. The molecule has 186 valence electrons. The van der Waals surface area contributed by atoms with Crippen LogP contribution in [-0.4, -0.2) is 17.5 Å². The van der Waals surface area contributed by atoms with Gasteiger partial charge in [-0.15, -0.1) is 0 Å². The van der Waals surface area contributed by atoms with E-state index in [2.05, 4.69) is 32.9 Å². The Morgan fingerprint density at radius 1 is 1.00 bits per heavy atom. The van der Waals surface area contributed by atoms with Crippen LogP contribution in [0.2, 0.25) is 0 Å². The van der Waals surface area contributed by atoms with Gasteiger partial charge in [-0.3, -0.25) is 4.79 Å². The van der Waals surface area contributed by atoms with E-state index < -0.39 is 11.6 Å². The molecule has 5 nitrogen and oxygen atoms in total. The zero-order valence-corrected chi connectivity index (χ0v) is 21.0. The normalized spacial score (nSPS) is 40.9. The number of carbonyl (C=O) groups is 1. The molecule has 1 heterocycles. The van der Waals surface area contributed by atoms with Crippen LogP contribution in [0.25, 0.3) is 0 Å². The van der Waals surface area contributed by atoms with E-state index >= 15 is 0 Å². The molecule has 1 unspecified atom stereocenters. The third kappa shape index (κ3) is 4.22. The van der Waals surface area contributed by atoms with E-state index in [-0.39, 0.29) is 11.4 Å². The number of hydrogen-bond acceptors (Lipinski definition) is 5. The molecule has 5 aliphatic carbocycles. The molecule has 4 bridgehead atoms. The van der Waals surface area contributed by atoms with Gasteiger partial charge in [-0.05, 0) is 92.2 Å². The Kier molecular flexibility index (Phi) is 5.62. The van der Waals surface area contributed by atoms with Crippen LogP contribution in [-0.2, 0) is 19.3 Å². The van der Waals surface area contributed by atoms with Gasteiger partial charge in [0.1, 0.15) is 5.75 Å². The van der Waals surface area contributed by atoms with Crippen LogP contribution in [0.1, 0.15) is 103 Å². The lowest BCUT2D eigenvalue weighted by atomic mass is 9.53. The van der Waals surface area contributed by atoms with Crippen LogP contribution in [0.5, 0.6) is 5.75 Å². The van der Waals surface area contributed by atoms with Gasteiger partial charge in [0.25, 0.3) is 0 Å². The fourth-order valence-electron chi connectivity index (χ4n) is 7.73. The molecule has 5 saturated carbocycles. The molecule has 1 aromatic rings. The Balaban J connectivity index is 1.10. The van der Waals surface area contributed by atoms with Crippen LogP contribution in [0.3, 0.4) is 0 Å². The average molecular weight is 469 g/mol. The Bertz CT molecular complexity index is 887. The molecule has 0 aromatic heterocycles. The maximum atomic E-state index is 12.2. The molecule has 34 heavy (non-hydrogen) atoms. The van der Waals surface area contributed by atoms with E-state index in [9.17, 15) is 4.79 Å². The lowest BCUT2D eigenvalue weighted by Gasteiger charge is -2.57. The first kappa shape index (κ1) is 23.0. The highest BCUT2D eigenvalue weighted by atomic mass is 17.3. The molecule has 1 saturated heterocycles. The minimum Gasteiger partial charge on any atom is -0.427 e. The summed E-state index contributed by atoms with van der Waals surface area (Å²) in [6.45, 7) is 6.42. The van der Waals surface area contributed by atoms with Gasteiger partial charge in [-0.2, -0.15) is 9.78 Å². The van der Waals surface area contributed by atoms with Gasteiger partial charge in [0.15, 0.2) is 0 Å². The van der Waals surface area contributed by atoms with Crippen molar-refractivity contribution in [3.8, 4) is 5.75 Å². The van der Waals surface area contributed by atoms with Crippen molar-refractivity contribution in [2.45, 2.75) is 109 Å². The van der Waals surface area contributed by atoms with Crippen molar-refractivity contribution in [2.75, 3.05) is 0 Å². The number of rotatable bonds is 4. The molecular weight excluding hydrogens is 428 g/mol. The van der Waals surface area contributed by atoms with Crippen molar-refractivity contribution in [1.82, 2.24) is 0 Å². The van der Waals surface area contributed by atoms with Crippen LogP contribution < -0.4 is 4.74 Å². The maximum Gasteiger partial charge on any atom is 0.311 e. The highest BCUT2D eigenvalue weighted by molar-refractivity contribution is 5.72. The van der Waals surface area contributed by atoms with Crippen molar-refractivity contribution in [3.63, 3.8) is 0 Å². The number of hydrogen-bond donors (Lipinski definition) is 0. The van der Waals surface area contributed by atoms with E-state index in [1.807, 2.05) is 12.1 Å². The molecule has 0 N–H and O–H groups in total. The molecule has 5 heteroatoms. The van der Waals surface area contributed by atoms with E-state index in [0.717, 1.165) is 43.9 Å². The van der Waals surface area contributed by atoms with E-state index in [1.165, 1.54) is 37.7 Å².